The van der Waals surface area contributed by atoms with E-state index in [1.54, 1.807) is 44.4 Å². The van der Waals surface area contributed by atoms with E-state index in [1.165, 1.54) is 18.2 Å². The summed E-state index contributed by atoms with van der Waals surface area (Å²) < 4.78 is 16.1. The monoisotopic (exact) mass is 474 g/mol. The summed E-state index contributed by atoms with van der Waals surface area (Å²) in [5, 5.41) is 11.5. The molecule has 1 aliphatic rings. The van der Waals surface area contributed by atoms with Crippen molar-refractivity contribution in [3.8, 4) is 17.2 Å². The summed E-state index contributed by atoms with van der Waals surface area (Å²) in [6.07, 6.45) is 3.89. The third kappa shape index (κ3) is 4.96. The Bertz CT molecular complexity index is 1270. The van der Waals surface area contributed by atoms with Crippen LogP contribution in [0.5, 0.6) is 17.2 Å². The smallest absolute Gasteiger partial charge is 0.269 e. The van der Waals surface area contributed by atoms with E-state index in [2.05, 4.69) is 0 Å². The average Bonchev–Trinajstić information content (AvgIpc) is 2.90. The van der Waals surface area contributed by atoms with Crippen molar-refractivity contribution in [3.63, 3.8) is 0 Å². The van der Waals surface area contributed by atoms with Crippen LogP contribution in [-0.4, -0.2) is 43.6 Å². The zero-order chi connectivity index (χ0) is 24.9. The number of carbonyl (C=O) groups excluding carboxylic acids is 1. The first-order valence-corrected chi connectivity index (χ1v) is 11.1. The molecule has 0 fully saturated rings. The summed E-state index contributed by atoms with van der Waals surface area (Å²) in [5.74, 6) is 1.67. The molecule has 1 heterocycles. The normalized spacial score (nSPS) is 14.9. The fraction of sp³-hybridized carbons (Fsp3) is 0.222. The maximum absolute atomic E-state index is 13.4. The van der Waals surface area contributed by atoms with Gasteiger partial charge < -0.3 is 19.1 Å². The van der Waals surface area contributed by atoms with Gasteiger partial charge in [-0.05, 0) is 59.0 Å². The molecule has 0 spiro atoms. The largest absolute Gasteiger partial charge is 0.497 e. The Hall–Kier alpha value is -4.33. The van der Waals surface area contributed by atoms with Gasteiger partial charge >= 0.3 is 0 Å². The Balaban J connectivity index is 1.75. The molecule has 1 unspecified atom stereocenters. The van der Waals surface area contributed by atoms with Gasteiger partial charge in [0.25, 0.3) is 5.69 Å². The minimum atomic E-state index is -0.522. The third-order valence-corrected chi connectivity index (χ3v) is 6.09. The minimum absolute atomic E-state index is 0.0312. The van der Waals surface area contributed by atoms with Gasteiger partial charge in [-0.1, -0.05) is 24.3 Å². The SMILES string of the molecule is COc1ccc(/C=C/C(=O)N2CCc3cc(OC)c(OC)cc3C2c2cccc([N+](=O)[O-])c2)cc1. The maximum atomic E-state index is 13.4. The molecule has 0 N–H and O–H groups in total. The van der Waals surface area contributed by atoms with Crippen molar-refractivity contribution in [3.05, 3.63) is 99.1 Å². The van der Waals surface area contributed by atoms with Crippen LogP contribution < -0.4 is 14.2 Å². The standard InChI is InChI=1S/C27H26N2O6/c1-33-22-10-7-18(8-11-22)9-12-26(30)28-14-13-19-16-24(34-2)25(35-3)17-23(19)27(28)20-5-4-6-21(15-20)29(31)32/h4-12,15-17,27H,13-14H2,1-3H3/b12-9+. The lowest BCUT2D eigenvalue weighted by Gasteiger charge is -2.37. The number of hydrogen-bond donors (Lipinski definition) is 0. The highest BCUT2D eigenvalue weighted by Gasteiger charge is 2.33. The number of nitrogens with zero attached hydrogens (tertiary/aromatic N) is 2. The number of carbonyl (C=O) groups is 1. The first-order chi connectivity index (χ1) is 16.9. The second-order valence-corrected chi connectivity index (χ2v) is 8.05. The summed E-state index contributed by atoms with van der Waals surface area (Å²) in [6, 6.07) is 17.0. The molecule has 1 amide bonds. The van der Waals surface area contributed by atoms with Crippen LogP contribution in [0.25, 0.3) is 6.08 Å². The average molecular weight is 475 g/mol. The second kappa shape index (κ2) is 10.3. The summed E-state index contributed by atoms with van der Waals surface area (Å²) in [4.78, 5) is 26.2. The number of rotatable bonds is 7. The van der Waals surface area contributed by atoms with Gasteiger partial charge in [0.1, 0.15) is 5.75 Å². The van der Waals surface area contributed by atoms with Crippen LogP contribution in [-0.2, 0) is 11.2 Å². The van der Waals surface area contributed by atoms with Crippen LogP contribution >= 0.6 is 0 Å². The number of amides is 1. The number of benzene rings is 3. The molecule has 3 aromatic carbocycles. The van der Waals surface area contributed by atoms with Crippen molar-refractivity contribution in [1.82, 2.24) is 4.90 Å². The Kier molecular flexibility index (Phi) is 7.01. The predicted molar refractivity (Wildman–Crippen MR) is 132 cm³/mol. The number of nitro benzene ring substituents is 1. The maximum Gasteiger partial charge on any atom is 0.269 e. The van der Waals surface area contributed by atoms with Gasteiger partial charge in [-0.25, -0.2) is 0 Å². The highest BCUT2D eigenvalue weighted by atomic mass is 16.6. The van der Waals surface area contributed by atoms with Gasteiger partial charge in [0, 0.05) is 24.8 Å². The molecule has 4 rings (SSSR count). The van der Waals surface area contributed by atoms with E-state index in [0.29, 0.717) is 30.0 Å². The lowest BCUT2D eigenvalue weighted by atomic mass is 9.87. The van der Waals surface area contributed by atoms with E-state index in [9.17, 15) is 14.9 Å². The zero-order valence-corrected chi connectivity index (χ0v) is 19.8. The number of methoxy groups -OCH3 is 3. The fourth-order valence-electron chi connectivity index (χ4n) is 4.33. The Morgan fingerprint density at radius 1 is 1.00 bits per heavy atom. The lowest BCUT2D eigenvalue weighted by molar-refractivity contribution is -0.384. The number of ether oxygens (including phenoxy) is 3. The molecule has 0 saturated carbocycles. The number of fused-ring (bicyclic) bond motifs is 1. The Morgan fingerprint density at radius 2 is 1.71 bits per heavy atom. The van der Waals surface area contributed by atoms with E-state index in [0.717, 1.165) is 22.4 Å². The zero-order valence-electron chi connectivity index (χ0n) is 19.8. The van der Waals surface area contributed by atoms with Gasteiger partial charge in [-0.2, -0.15) is 0 Å². The van der Waals surface area contributed by atoms with E-state index >= 15 is 0 Å². The molecule has 35 heavy (non-hydrogen) atoms. The van der Waals surface area contributed by atoms with Crippen LogP contribution in [0.1, 0.15) is 28.3 Å². The molecule has 8 nitrogen and oxygen atoms in total. The van der Waals surface area contributed by atoms with Gasteiger partial charge in [0.05, 0.1) is 32.3 Å². The summed E-state index contributed by atoms with van der Waals surface area (Å²) in [5.41, 5.74) is 3.33. The fourth-order valence-corrected chi connectivity index (χ4v) is 4.33. The molecule has 0 bridgehead atoms. The van der Waals surface area contributed by atoms with Crippen molar-refractivity contribution in [1.29, 1.82) is 0 Å². The molecular formula is C27H26N2O6. The van der Waals surface area contributed by atoms with E-state index in [4.69, 9.17) is 14.2 Å². The number of hydrogen-bond acceptors (Lipinski definition) is 6. The molecule has 0 saturated heterocycles. The Morgan fingerprint density at radius 3 is 2.37 bits per heavy atom. The molecule has 8 heteroatoms. The van der Waals surface area contributed by atoms with Crippen LogP contribution in [0.4, 0.5) is 5.69 Å². The van der Waals surface area contributed by atoms with Crippen molar-refractivity contribution < 1.29 is 23.9 Å². The molecular weight excluding hydrogens is 448 g/mol. The summed E-state index contributed by atoms with van der Waals surface area (Å²) in [6.45, 7) is 0.446. The summed E-state index contributed by atoms with van der Waals surface area (Å²) >= 11 is 0. The molecule has 180 valence electrons. The van der Waals surface area contributed by atoms with Crippen LogP contribution in [0, 0.1) is 10.1 Å². The van der Waals surface area contributed by atoms with Crippen molar-refractivity contribution in [2.75, 3.05) is 27.9 Å². The first-order valence-electron chi connectivity index (χ1n) is 11.1. The third-order valence-electron chi connectivity index (χ3n) is 6.09. The number of non-ortho nitro benzene ring substituents is 1. The Labute approximate surface area is 203 Å². The van der Waals surface area contributed by atoms with Crippen LogP contribution in [0.2, 0.25) is 0 Å². The van der Waals surface area contributed by atoms with Crippen molar-refractivity contribution in [2.45, 2.75) is 12.5 Å². The predicted octanol–water partition coefficient (Wildman–Crippen LogP) is 4.81. The second-order valence-electron chi connectivity index (χ2n) is 8.05. The van der Waals surface area contributed by atoms with E-state index < -0.39 is 11.0 Å². The van der Waals surface area contributed by atoms with Crippen LogP contribution in [0.15, 0.2) is 66.7 Å². The topological polar surface area (TPSA) is 91.1 Å². The molecule has 0 aliphatic carbocycles. The first kappa shape index (κ1) is 23.8. The van der Waals surface area contributed by atoms with E-state index in [-0.39, 0.29) is 11.6 Å². The van der Waals surface area contributed by atoms with Gasteiger partial charge in [-0.3, -0.25) is 14.9 Å². The van der Waals surface area contributed by atoms with Gasteiger partial charge in [-0.15, -0.1) is 0 Å². The van der Waals surface area contributed by atoms with Crippen LogP contribution in [0.3, 0.4) is 0 Å². The van der Waals surface area contributed by atoms with Crippen molar-refractivity contribution >= 4 is 17.7 Å². The molecule has 1 atom stereocenters. The quantitative estimate of drug-likeness (QED) is 0.277. The minimum Gasteiger partial charge on any atom is -0.497 e. The highest BCUT2D eigenvalue weighted by molar-refractivity contribution is 5.92. The summed E-state index contributed by atoms with van der Waals surface area (Å²) in [7, 11) is 4.72. The molecule has 3 aromatic rings. The number of nitro groups is 1. The molecule has 0 aromatic heterocycles. The van der Waals surface area contributed by atoms with Gasteiger partial charge in [0.15, 0.2) is 11.5 Å². The lowest BCUT2D eigenvalue weighted by Crippen LogP contribution is -2.39. The molecule has 0 radical (unpaired) electrons. The van der Waals surface area contributed by atoms with Gasteiger partial charge in [0.2, 0.25) is 5.91 Å². The van der Waals surface area contributed by atoms with Crippen molar-refractivity contribution in [2.24, 2.45) is 0 Å². The molecule has 1 aliphatic heterocycles. The highest BCUT2D eigenvalue weighted by Crippen LogP contribution is 2.41. The van der Waals surface area contributed by atoms with E-state index in [1.807, 2.05) is 36.4 Å².